The molecule has 0 saturated carbocycles. The molecule has 42 heavy (non-hydrogen) atoms. The van der Waals surface area contributed by atoms with E-state index in [9.17, 15) is 0 Å². The number of para-hydroxylation sites is 1. The number of hydrogen-bond donors (Lipinski definition) is 0. The van der Waals surface area contributed by atoms with Crippen LogP contribution in [0.3, 0.4) is 0 Å². The quantitative estimate of drug-likeness (QED) is 0.219. The van der Waals surface area contributed by atoms with Crippen molar-refractivity contribution in [3.8, 4) is 33.4 Å². The van der Waals surface area contributed by atoms with Gasteiger partial charge >= 0.3 is 0 Å². The Morgan fingerprint density at radius 3 is 1.64 bits per heavy atom. The minimum atomic E-state index is -0.286. The van der Waals surface area contributed by atoms with E-state index in [1.54, 1.807) is 0 Å². The van der Waals surface area contributed by atoms with Gasteiger partial charge in [-0.05, 0) is 103 Å². The van der Waals surface area contributed by atoms with Crippen molar-refractivity contribution in [2.75, 3.05) is 4.90 Å². The van der Waals surface area contributed by atoms with Gasteiger partial charge in [0.2, 0.25) is 0 Å². The lowest BCUT2D eigenvalue weighted by Crippen LogP contribution is -2.23. The number of hydrogen-bond acceptors (Lipinski definition) is 1. The first-order valence-electron chi connectivity index (χ1n) is 14.7. The molecule has 3 aliphatic carbocycles. The summed E-state index contributed by atoms with van der Waals surface area (Å²) in [6, 6.07) is 56.2. The fourth-order valence-corrected chi connectivity index (χ4v) is 8.22. The molecule has 0 N–H and O–H groups in total. The van der Waals surface area contributed by atoms with E-state index < -0.39 is 0 Å². The Labute approximate surface area is 245 Å². The van der Waals surface area contributed by atoms with Crippen molar-refractivity contribution in [3.05, 3.63) is 174 Å². The smallest absolute Gasteiger partial charge is 0.0738 e. The Balaban J connectivity index is 1.28. The zero-order valence-electron chi connectivity index (χ0n) is 22.9. The molecule has 0 aromatic heterocycles. The Morgan fingerprint density at radius 2 is 0.881 bits per heavy atom. The molecule has 194 valence electrons. The van der Waals surface area contributed by atoms with Crippen LogP contribution in [-0.2, 0) is 5.41 Å². The minimum absolute atomic E-state index is 0.286. The van der Waals surface area contributed by atoms with Crippen LogP contribution in [-0.4, -0.2) is 0 Å². The Morgan fingerprint density at radius 1 is 0.333 bits per heavy atom. The van der Waals surface area contributed by atoms with Crippen LogP contribution < -0.4 is 4.90 Å². The van der Waals surface area contributed by atoms with E-state index in [4.69, 9.17) is 0 Å². The SMILES string of the molecule is c1ccc(N(c2ccc3c(c2)C24c5ccccc5-c5cccc(c52)-c2cccc-3c24)c2ccc3ccccc3c2)cc1. The fourth-order valence-electron chi connectivity index (χ4n) is 8.22. The van der Waals surface area contributed by atoms with Gasteiger partial charge in [-0.25, -0.2) is 0 Å². The number of anilines is 3. The van der Waals surface area contributed by atoms with Gasteiger partial charge in [-0.15, -0.1) is 0 Å². The third-order valence-corrected chi connectivity index (χ3v) is 9.75. The van der Waals surface area contributed by atoms with Gasteiger partial charge in [0.1, 0.15) is 0 Å². The summed E-state index contributed by atoms with van der Waals surface area (Å²) in [5, 5.41) is 2.49. The topological polar surface area (TPSA) is 3.24 Å². The van der Waals surface area contributed by atoms with Crippen LogP contribution in [0.15, 0.2) is 152 Å². The predicted molar refractivity (Wildman–Crippen MR) is 174 cm³/mol. The monoisotopic (exact) mass is 531 g/mol. The van der Waals surface area contributed by atoms with Crippen molar-refractivity contribution in [2.24, 2.45) is 0 Å². The average molecular weight is 532 g/mol. The van der Waals surface area contributed by atoms with Gasteiger partial charge in [0.15, 0.2) is 0 Å². The summed E-state index contributed by atoms with van der Waals surface area (Å²) in [7, 11) is 0. The number of benzene rings is 7. The molecule has 7 aromatic carbocycles. The summed E-state index contributed by atoms with van der Waals surface area (Å²) in [4.78, 5) is 2.41. The molecule has 1 heteroatoms. The highest BCUT2D eigenvalue weighted by atomic mass is 15.1. The first-order valence-corrected chi connectivity index (χ1v) is 14.7. The summed E-state index contributed by atoms with van der Waals surface area (Å²) in [5.74, 6) is 0. The highest BCUT2D eigenvalue weighted by Crippen LogP contribution is 2.70. The zero-order chi connectivity index (χ0) is 27.4. The molecule has 0 heterocycles. The van der Waals surface area contributed by atoms with E-state index in [1.165, 1.54) is 72.1 Å². The van der Waals surface area contributed by atoms with Gasteiger partial charge < -0.3 is 4.90 Å². The minimum Gasteiger partial charge on any atom is -0.310 e. The molecule has 1 atom stereocenters. The second-order valence-electron chi connectivity index (χ2n) is 11.7. The van der Waals surface area contributed by atoms with Crippen LogP contribution >= 0.6 is 0 Å². The number of fused-ring (bicyclic) bond motifs is 6. The van der Waals surface area contributed by atoms with E-state index in [1.807, 2.05) is 0 Å². The van der Waals surface area contributed by atoms with E-state index in [0.29, 0.717) is 0 Å². The molecule has 1 spiro atoms. The average Bonchev–Trinajstić information content (AvgIpc) is 3.65. The molecule has 10 rings (SSSR count). The van der Waals surface area contributed by atoms with Crippen LogP contribution in [0.2, 0.25) is 0 Å². The second kappa shape index (κ2) is 7.87. The van der Waals surface area contributed by atoms with Crippen molar-refractivity contribution in [1.29, 1.82) is 0 Å². The van der Waals surface area contributed by atoms with Gasteiger partial charge in [-0.1, -0.05) is 115 Å². The standard InChI is InChI=1S/C41H25N/c1-2-12-28(13-3-1)42(29-21-20-26-10-4-5-11-27(26)24-29)30-22-23-32-34-16-9-18-36-35-17-8-15-33-31-14-6-7-19-37(31)41(39(33)35,40(34)36)38(32)25-30/h1-25H. The molecule has 0 radical (unpaired) electrons. The molecule has 1 nitrogen and oxygen atoms in total. The Kier molecular flexibility index (Phi) is 4.18. The lowest BCUT2D eigenvalue weighted by atomic mass is 9.73. The normalized spacial score (nSPS) is 16.2. The first-order chi connectivity index (χ1) is 20.8. The van der Waals surface area contributed by atoms with E-state index >= 15 is 0 Å². The highest BCUT2D eigenvalue weighted by molar-refractivity contribution is 6.06. The number of nitrogens with zero attached hydrogens (tertiary/aromatic N) is 1. The van der Waals surface area contributed by atoms with Crippen molar-refractivity contribution in [2.45, 2.75) is 5.41 Å². The lowest BCUT2D eigenvalue weighted by molar-refractivity contribution is 0.818. The molecular weight excluding hydrogens is 506 g/mol. The molecule has 0 amide bonds. The highest BCUT2D eigenvalue weighted by Gasteiger charge is 2.57. The summed E-state index contributed by atoms with van der Waals surface area (Å²) in [6.07, 6.45) is 0. The summed E-state index contributed by atoms with van der Waals surface area (Å²) in [6.45, 7) is 0. The predicted octanol–water partition coefficient (Wildman–Crippen LogP) is 10.6. The third-order valence-electron chi connectivity index (χ3n) is 9.75. The summed E-state index contributed by atoms with van der Waals surface area (Å²) >= 11 is 0. The summed E-state index contributed by atoms with van der Waals surface area (Å²) < 4.78 is 0. The second-order valence-corrected chi connectivity index (χ2v) is 11.7. The van der Waals surface area contributed by atoms with Crippen LogP contribution in [0.25, 0.3) is 44.2 Å². The maximum Gasteiger partial charge on any atom is 0.0738 e. The zero-order valence-corrected chi connectivity index (χ0v) is 22.9. The molecule has 0 bridgehead atoms. The third kappa shape index (κ3) is 2.60. The van der Waals surface area contributed by atoms with E-state index in [-0.39, 0.29) is 5.41 Å². The van der Waals surface area contributed by atoms with Crippen LogP contribution in [0.1, 0.15) is 22.3 Å². The summed E-state index contributed by atoms with van der Waals surface area (Å²) in [5.41, 5.74) is 17.1. The fraction of sp³-hybridized carbons (Fsp3) is 0.0244. The maximum absolute atomic E-state index is 2.48. The Bertz CT molecular complexity index is 2220. The van der Waals surface area contributed by atoms with Crippen molar-refractivity contribution in [3.63, 3.8) is 0 Å². The maximum atomic E-state index is 2.48. The lowest BCUT2D eigenvalue weighted by Gasteiger charge is -2.30. The van der Waals surface area contributed by atoms with E-state index in [0.717, 1.165) is 11.4 Å². The van der Waals surface area contributed by atoms with Crippen LogP contribution in [0.4, 0.5) is 17.1 Å². The van der Waals surface area contributed by atoms with Gasteiger partial charge in [0.25, 0.3) is 0 Å². The number of rotatable bonds is 3. The van der Waals surface area contributed by atoms with Crippen LogP contribution in [0, 0.1) is 0 Å². The molecule has 0 saturated heterocycles. The van der Waals surface area contributed by atoms with Crippen molar-refractivity contribution < 1.29 is 0 Å². The van der Waals surface area contributed by atoms with Gasteiger partial charge in [-0.3, -0.25) is 0 Å². The van der Waals surface area contributed by atoms with Crippen molar-refractivity contribution in [1.82, 2.24) is 0 Å². The van der Waals surface area contributed by atoms with Gasteiger partial charge in [0.05, 0.1) is 5.41 Å². The largest absolute Gasteiger partial charge is 0.310 e. The van der Waals surface area contributed by atoms with Crippen molar-refractivity contribution >= 4 is 27.8 Å². The molecule has 1 unspecified atom stereocenters. The molecule has 3 aliphatic rings. The molecular formula is C41H25N. The Hall–Kier alpha value is -5.40. The van der Waals surface area contributed by atoms with Gasteiger partial charge in [0, 0.05) is 17.1 Å². The molecule has 0 aliphatic heterocycles. The van der Waals surface area contributed by atoms with E-state index in [2.05, 4.69) is 157 Å². The van der Waals surface area contributed by atoms with Gasteiger partial charge in [-0.2, -0.15) is 0 Å². The molecule has 7 aromatic rings. The first kappa shape index (κ1) is 22.3. The molecule has 0 fully saturated rings. The van der Waals surface area contributed by atoms with Crippen LogP contribution in [0.5, 0.6) is 0 Å².